The number of aliphatic hydroxyl groups excluding tert-OH is 1. The Morgan fingerprint density at radius 2 is 2.00 bits per heavy atom. The number of nitrogens with zero attached hydrogens (tertiary/aromatic N) is 4. The van der Waals surface area contributed by atoms with Crippen LogP contribution in [0.4, 0.5) is 5.82 Å². The Bertz CT molecular complexity index is 595. The minimum atomic E-state index is 0.0582. The number of hydrogen-bond donors (Lipinski definition) is 1. The van der Waals surface area contributed by atoms with Crippen molar-refractivity contribution >= 4 is 16.7 Å². The first kappa shape index (κ1) is 13.5. The van der Waals surface area contributed by atoms with Gasteiger partial charge in [0, 0.05) is 19.3 Å². The van der Waals surface area contributed by atoms with Crippen LogP contribution in [0.25, 0.3) is 10.9 Å². The summed E-state index contributed by atoms with van der Waals surface area (Å²) < 4.78 is 5.34. The lowest BCUT2D eigenvalue weighted by molar-refractivity contribution is 0.304. The highest BCUT2D eigenvalue weighted by atomic mass is 16.5. The quantitative estimate of drug-likeness (QED) is 0.889. The largest absolute Gasteiger partial charge is 0.480 e. The van der Waals surface area contributed by atoms with Gasteiger partial charge in [-0.05, 0) is 19.9 Å². The minimum Gasteiger partial charge on any atom is -0.480 e. The molecule has 0 aliphatic rings. The number of aliphatic hydroxyl groups is 1. The van der Waals surface area contributed by atoms with Crippen LogP contribution in [-0.4, -0.2) is 47.4 Å². The van der Waals surface area contributed by atoms with Crippen LogP contribution in [0.5, 0.6) is 5.88 Å². The van der Waals surface area contributed by atoms with Gasteiger partial charge in [-0.25, -0.2) is 15.0 Å². The Morgan fingerprint density at radius 3 is 2.63 bits per heavy atom. The van der Waals surface area contributed by atoms with E-state index in [0.29, 0.717) is 18.2 Å². The number of methoxy groups -OCH3 is 1. The fraction of sp³-hybridized carbons (Fsp3) is 0.462. The summed E-state index contributed by atoms with van der Waals surface area (Å²) in [5.74, 6) is 1.91. The molecule has 0 aliphatic carbocycles. The van der Waals surface area contributed by atoms with Crippen molar-refractivity contribution in [2.75, 3.05) is 32.2 Å². The summed E-state index contributed by atoms with van der Waals surface area (Å²) in [6, 6.07) is 1.91. The molecule has 0 bridgehead atoms. The number of likely N-dealkylation sites (N-methyl/N-ethyl adjacent to an activating group) is 1. The molecule has 6 heteroatoms. The van der Waals surface area contributed by atoms with Gasteiger partial charge in [0.05, 0.1) is 19.2 Å². The molecule has 0 atom stereocenters. The average Bonchev–Trinajstić information content (AvgIpc) is 2.36. The number of aryl methyl sites for hydroxylation is 2. The number of ether oxygens (including phenoxy) is 1. The highest BCUT2D eigenvalue weighted by molar-refractivity contribution is 5.94. The lowest BCUT2D eigenvalue weighted by atomic mass is 10.2. The maximum atomic E-state index is 9.08. The molecule has 2 aromatic rings. The molecule has 0 amide bonds. The van der Waals surface area contributed by atoms with E-state index in [9.17, 15) is 0 Å². The first-order chi connectivity index (χ1) is 9.06. The fourth-order valence-corrected chi connectivity index (χ4v) is 2.01. The summed E-state index contributed by atoms with van der Waals surface area (Å²) in [5, 5.41) is 9.85. The average molecular weight is 262 g/mol. The van der Waals surface area contributed by atoms with Crippen molar-refractivity contribution in [3.8, 4) is 5.88 Å². The zero-order chi connectivity index (χ0) is 14.0. The molecule has 0 unspecified atom stereocenters. The van der Waals surface area contributed by atoms with E-state index in [1.807, 2.05) is 31.9 Å². The van der Waals surface area contributed by atoms with Crippen molar-refractivity contribution in [2.45, 2.75) is 13.8 Å². The number of rotatable bonds is 4. The standard InChI is InChI=1S/C13H18N4O2/c1-8-7-10-11(13(14-8)19-4)12(16-9(2)15-10)17(3)5-6-18/h7,18H,5-6H2,1-4H3. The van der Waals surface area contributed by atoms with Crippen LogP contribution in [-0.2, 0) is 0 Å². The van der Waals surface area contributed by atoms with Crippen LogP contribution in [0.3, 0.4) is 0 Å². The summed E-state index contributed by atoms with van der Waals surface area (Å²) in [5.41, 5.74) is 1.65. The van der Waals surface area contributed by atoms with Gasteiger partial charge in [-0.15, -0.1) is 0 Å². The molecular formula is C13H18N4O2. The normalized spacial score (nSPS) is 10.8. The Kier molecular flexibility index (Phi) is 3.80. The van der Waals surface area contributed by atoms with Crippen molar-refractivity contribution in [2.24, 2.45) is 0 Å². The third-order valence-corrected chi connectivity index (χ3v) is 2.86. The molecule has 2 aromatic heterocycles. The molecule has 0 saturated heterocycles. The molecule has 0 fully saturated rings. The summed E-state index contributed by atoms with van der Waals surface area (Å²) in [6.07, 6.45) is 0. The second kappa shape index (κ2) is 5.36. The van der Waals surface area contributed by atoms with E-state index >= 15 is 0 Å². The van der Waals surface area contributed by atoms with Gasteiger partial charge in [-0.3, -0.25) is 0 Å². The van der Waals surface area contributed by atoms with Gasteiger partial charge >= 0.3 is 0 Å². The zero-order valence-corrected chi connectivity index (χ0v) is 11.6. The maximum absolute atomic E-state index is 9.08. The lowest BCUT2D eigenvalue weighted by Gasteiger charge is -2.20. The molecule has 0 saturated carbocycles. The summed E-state index contributed by atoms with van der Waals surface area (Å²) in [7, 11) is 3.45. The minimum absolute atomic E-state index is 0.0582. The number of pyridine rings is 1. The number of aromatic nitrogens is 3. The van der Waals surface area contributed by atoms with E-state index in [0.717, 1.165) is 22.4 Å². The summed E-state index contributed by atoms with van der Waals surface area (Å²) in [6.45, 7) is 4.29. The summed E-state index contributed by atoms with van der Waals surface area (Å²) in [4.78, 5) is 15.1. The van der Waals surface area contributed by atoms with E-state index in [2.05, 4.69) is 15.0 Å². The topological polar surface area (TPSA) is 71.4 Å². The molecule has 0 radical (unpaired) electrons. The molecule has 19 heavy (non-hydrogen) atoms. The van der Waals surface area contributed by atoms with Crippen molar-refractivity contribution in [3.05, 3.63) is 17.6 Å². The Labute approximate surface area is 112 Å². The highest BCUT2D eigenvalue weighted by Gasteiger charge is 2.16. The lowest BCUT2D eigenvalue weighted by Crippen LogP contribution is -2.23. The van der Waals surface area contributed by atoms with E-state index in [4.69, 9.17) is 9.84 Å². The SMILES string of the molecule is COc1nc(C)cc2nc(C)nc(N(C)CCO)c12. The third-order valence-electron chi connectivity index (χ3n) is 2.86. The van der Waals surface area contributed by atoms with Gasteiger partial charge in [0.25, 0.3) is 0 Å². The molecule has 0 aromatic carbocycles. The van der Waals surface area contributed by atoms with Gasteiger partial charge in [0.1, 0.15) is 17.0 Å². The van der Waals surface area contributed by atoms with Crippen LogP contribution < -0.4 is 9.64 Å². The van der Waals surface area contributed by atoms with E-state index in [-0.39, 0.29) is 6.61 Å². The highest BCUT2D eigenvalue weighted by Crippen LogP contribution is 2.30. The first-order valence-corrected chi connectivity index (χ1v) is 6.08. The predicted molar refractivity (Wildman–Crippen MR) is 73.7 cm³/mol. The number of anilines is 1. The zero-order valence-electron chi connectivity index (χ0n) is 11.6. The monoisotopic (exact) mass is 262 g/mol. The van der Waals surface area contributed by atoms with Crippen LogP contribution in [0, 0.1) is 13.8 Å². The first-order valence-electron chi connectivity index (χ1n) is 6.08. The fourth-order valence-electron chi connectivity index (χ4n) is 2.01. The van der Waals surface area contributed by atoms with Gasteiger partial charge in [0.2, 0.25) is 5.88 Å². The molecule has 1 N–H and O–H groups in total. The Hall–Kier alpha value is -1.95. The van der Waals surface area contributed by atoms with Crippen molar-refractivity contribution in [1.29, 1.82) is 0 Å². The van der Waals surface area contributed by atoms with Crippen LogP contribution in [0.1, 0.15) is 11.5 Å². The smallest absolute Gasteiger partial charge is 0.226 e. The Morgan fingerprint density at radius 1 is 1.26 bits per heavy atom. The van der Waals surface area contributed by atoms with Gasteiger partial charge in [0.15, 0.2) is 0 Å². The molecule has 6 nitrogen and oxygen atoms in total. The summed E-state index contributed by atoms with van der Waals surface area (Å²) >= 11 is 0. The maximum Gasteiger partial charge on any atom is 0.226 e. The van der Waals surface area contributed by atoms with Gasteiger partial charge in [-0.1, -0.05) is 0 Å². The van der Waals surface area contributed by atoms with Gasteiger partial charge < -0.3 is 14.7 Å². The number of hydrogen-bond acceptors (Lipinski definition) is 6. The molecule has 2 heterocycles. The molecule has 102 valence electrons. The van der Waals surface area contributed by atoms with Crippen LogP contribution in [0.2, 0.25) is 0 Å². The van der Waals surface area contributed by atoms with Crippen LogP contribution in [0.15, 0.2) is 6.07 Å². The van der Waals surface area contributed by atoms with Gasteiger partial charge in [-0.2, -0.15) is 0 Å². The van der Waals surface area contributed by atoms with E-state index in [1.165, 1.54) is 0 Å². The predicted octanol–water partition coefficient (Wildman–Crippen LogP) is 1.08. The van der Waals surface area contributed by atoms with E-state index < -0.39 is 0 Å². The number of fused-ring (bicyclic) bond motifs is 1. The molecular weight excluding hydrogens is 244 g/mol. The molecule has 2 rings (SSSR count). The second-order valence-electron chi connectivity index (χ2n) is 4.41. The third kappa shape index (κ3) is 2.58. The molecule has 0 spiro atoms. The van der Waals surface area contributed by atoms with Crippen molar-refractivity contribution in [1.82, 2.24) is 15.0 Å². The van der Waals surface area contributed by atoms with E-state index in [1.54, 1.807) is 7.11 Å². The Balaban J connectivity index is 2.74. The van der Waals surface area contributed by atoms with Crippen molar-refractivity contribution in [3.63, 3.8) is 0 Å². The van der Waals surface area contributed by atoms with Crippen molar-refractivity contribution < 1.29 is 9.84 Å². The second-order valence-corrected chi connectivity index (χ2v) is 4.41. The van der Waals surface area contributed by atoms with Crippen LogP contribution >= 0.6 is 0 Å². The molecule has 0 aliphatic heterocycles.